The zero-order valence-electron chi connectivity index (χ0n) is 15.7. The highest BCUT2D eigenvalue weighted by Crippen LogP contribution is 2.18. The lowest BCUT2D eigenvalue weighted by molar-refractivity contribution is 0.102. The molecule has 2 N–H and O–H groups in total. The number of rotatable bonds is 6. The molecule has 0 aliphatic carbocycles. The van der Waals surface area contributed by atoms with Crippen LogP contribution < -0.4 is 10.0 Å². The maximum atomic E-state index is 12.7. The van der Waals surface area contributed by atoms with E-state index in [9.17, 15) is 13.2 Å². The Morgan fingerprint density at radius 3 is 2.25 bits per heavy atom. The van der Waals surface area contributed by atoms with E-state index in [-0.39, 0.29) is 16.4 Å². The molecule has 0 spiro atoms. The van der Waals surface area contributed by atoms with Gasteiger partial charge in [0.15, 0.2) is 0 Å². The van der Waals surface area contributed by atoms with E-state index in [1.807, 2.05) is 49.4 Å². The first-order valence-electron chi connectivity index (χ1n) is 8.90. The first-order chi connectivity index (χ1) is 13.3. The van der Waals surface area contributed by atoms with Gasteiger partial charge < -0.3 is 5.32 Å². The van der Waals surface area contributed by atoms with Crippen molar-refractivity contribution in [2.24, 2.45) is 0 Å². The number of benzene rings is 3. The Kier molecular flexibility index (Phi) is 5.92. The molecule has 5 nitrogen and oxygen atoms in total. The fourth-order valence-corrected chi connectivity index (χ4v) is 4.03. The first-order valence-corrected chi connectivity index (χ1v) is 10.4. The van der Waals surface area contributed by atoms with E-state index in [0.29, 0.717) is 5.69 Å². The number of carbonyl (C=O) groups excluding carboxylic acids is 1. The average Bonchev–Trinajstić information content (AvgIpc) is 2.70. The van der Waals surface area contributed by atoms with Crippen LogP contribution in [0.4, 0.5) is 5.69 Å². The van der Waals surface area contributed by atoms with E-state index >= 15 is 0 Å². The van der Waals surface area contributed by atoms with Gasteiger partial charge >= 0.3 is 0 Å². The average molecular weight is 394 g/mol. The Morgan fingerprint density at radius 2 is 1.57 bits per heavy atom. The first kappa shape index (κ1) is 19.8. The molecule has 28 heavy (non-hydrogen) atoms. The summed E-state index contributed by atoms with van der Waals surface area (Å²) < 4.78 is 28.1. The summed E-state index contributed by atoms with van der Waals surface area (Å²) in [6.45, 7) is 3.74. The SMILES string of the molecule is Cc1ccc(NC(=O)c2cccc(S(=O)(=O)NC(C)c3ccccc3)c2)cc1. The third kappa shape index (κ3) is 4.85. The van der Waals surface area contributed by atoms with Gasteiger partial charge in [-0.1, -0.05) is 54.1 Å². The van der Waals surface area contributed by atoms with Crippen molar-refractivity contribution in [3.8, 4) is 0 Å². The molecule has 0 bridgehead atoms. The van der Waals surface area contributed by atoms with Gasteiger partial charge in [-0.25, -0.2) is 13.1 Å². The van der Waals surface area contributed by atoms with Crippen molar-refractivity contribution < 1.29 is 13.2 Å². The molecule has 0 aliphatic heterocycles. The second-order valence-corrected chi connectivity index (χ2v) is 8.32. The Labute approximate surface area is 165 Å². The summed E-state index contributed by atoms with van der Waals surface area (Å²) in [7, 11) is -3.77. The molecule has 0 saturated carbocycles. The minimum Gasteiger partial charge on any atom is -0.322 e. The zero-order valence-corrected chi connectivity index (χ0v) is 16.5. The lowest BCUT2D eigenvalue weighted by Gasteiger charge is -2.15. The van der Waals surface area contributed by atoms with Crippen molar-refractivity contribution >= 4 is 21.6 Å². The molecule has 0 heterocycles. The normalized spacial score (nSPS) is 12.4. The smallest absolute Gasteiger partial charge is 0.255 e. The highest BCUT2D eigenvalue weighted by molar-refractivity contribution is 7.89. The number of amides is 1. The lowest BCUT2D eigenvalue weighted by atomic mass is 10.1. The summed E-state index contributed by atoms with van der Waals surface area (Å²) in [5.41, 5.74) is 2.87. The van der Waals surface area contributed by atoms with Crippen LogP contribution in [-0.4, -0.2) is 14.3 Å². The van der Waals surface area contributed by atoms with E-state index in [1.54, 1.807) is 31.2 Å². The van der Waals surface area contributed by atoms with Crippen LogP contribution in [0.25, 0.3) is 0 Å². The van der Waals surface area contributed by atoms with Gasteiger partial charge in [0.25, 0.3) is 5.91 Å². The van der Waals surface area contributed by atoms with Crippen LogP contribution >= 0.6 is 0 Å². The topological polar surface area (TPSA) is 75.3 Å². The van der Waals surface area contributed by atoms with Crippen LogP contribution in [0.1, 0.15) is 34.5 Å². The van der Waals surface area contributed by atoms with E-state index in [1.165, 1.54) is 12.1 Å². The van der Waals surface area contributed by atoms with Gasteiger partial charge in [0.1, 0.15) is 0 Å². The van der Waals surface area contributed by atoms with Crippen molar-refractivity contribution in [1.29, 1.82) is 0 Å². The summed E-state index contributed by atoms with van der Waals surface area (Å²) in [5, 5.41) is 2.78. The van der Waals surface area contributed by atoms with Gasteiger partial charge in [0, 0.05) is 17.3 Å². The third-order valence-corrected chi connectivity index (χ3v) is 5.89. The second kappa shape index (κ2) is 8.37. The molecule has 3 rings (SSSR count). The van der Waals surface area contributed by atoms with Gasteiger partial charge in [0.05, 0.1) is 4.90 Å². The predicted octanol–water partition coefficient (Wildman–Crippen LogP) is 4.29. The summed E-state index contributed by atoms with van der Waals surface area (Å²) in [5.74, 6) is -0.364. The molecular formula is C22H22N2O3S. The Balaban J connectivity index is 1.77. The molecule has 3 aromatic rings. The predicted molar refractivity (Wildman–Crippen MR) is 111 cm³/mol. The molecule has 144 valence electrons. The standard InChI is InChI=1S/C22H22N2O3S/c1-16-11-13-20(14-12-16)23-22(25)19-9-6-10-21(15-19)28(26,27)24-17(2)18-7-4-3-5-8-18/h3-15,17,24H,1-2H3,(H,23,25). The molecule has 0 aromatic heterocycles. The number of hydrogen-bond donors (Lipinski definition) is 2. The van der Waals surface area contributed by atoms with Crippen LogP contribution in [0.5, 0.6) is 0 Å². The molecule has 1 amide bonds. The quantitative estimate of drug-likeness (QED) is 0.655. The number of aryl methyl sites for hydroxylation is 1. The maximum absolute atomic E-state index is 12.7. The summed E-state index contributed by atoms with van der Waals surface area (Å²) in [6.07, 6.45) is 0. The summed E-state index contributed by atoms with van der Waals surface area (Å²) >= 11 is 0. The van der Waals surface area contributed by atoms with Crippen LogP contribution in [0, 0.1) is 6.92 Å². The van der Waals surface area contributed by atoms with Crippen LogP contribution in [0.3, 0.4) is 0 Å². The van der Waals surface area contributed by atoms with Gasteiger partial charge in [-0.3, -0.25) is 4.79 Å². The summed E-state index contributed by atoms with van der Waals surface area (Å²) in [6, 6.07) is 22.3. The van der Waals surface area contributed by atoms with Crippen molar-refractivity contribution in [1.82, 2.24) is 4.72 Å². The fraction of sp³-hybridized carbons (Fsp3) is 0.136. The molecule has 0 aliphatic rings. The van der Waals surface area contributed by atoms with E-state index < -0.39 is 16.1 Å². The second-order valence-electron chi connectivity index (χ2n) is 6.60. The molecule has 3 aromatic carbocycles. The van der Waals surface area contributed by atoms with E-state index in [0.717, 1.165) is 11.1 Å². The third-order valence-electron chi connectivity index (χ3n) is 4.35. The van der Waals surface area contributed by atoms with E-state index in [4.69, 9.17) is 0 Å². The number of hydrogen-bond acceptors (Lipinski definition) is 3. The van der Waals surface area contributed by atoms with Crippen molar-refractivity contribution in [2.75, 3.05) is 5.32 Å². The van der Waals surface area contributed by atoms with Gasteiger partial charge in [-0.2, -0.15) is 0 Å². The molecule has 1 atom stereocenters. The van der Waals surface area contributed by atoms with Gasteiger partial charge in [0.2, 0.25) is 10.0 Å². The Morgan fingerprint density at radius 1 is 0.893 bits per heavy atom. The molecule has 1 unspecified atom stereocenters. The molecule has 0 radical (unpaired) electrons. The molecule has 6 heteroatoms. The Hall–Kier alpha value is -2.96. The van der Waals surface area contributed by atoms with Gasteiger partial charge in [-0.05, 0) is 49.7 Å². The van der Waals surface area contributed by atoms with Gasteiger partial charge in [-0.15, -0.1) is 0 Å². The highest BCUT2D eigenvalue weighted by Gasteiger charge is 2.19. The summed E-state index contributed by atoms with van der Waals surface area (Å²) in [4.78, 5) is 12.5. The fourth-order valence-electron chi connectivity index (χ4n) is 2.76. The van der Waals surface area contributed by atoms with Crippen LogP contribution in [-0.2, 0) is 10.0 Å². The number of carbonyl (C=O) groups is 1. The molecular weight excluding hydrogens is 372 g/mol. The minimum absolute atomic E-state index is 0.0480. The minimum atomic E-state index is -3.77. The van der Waals surface area contributed by atoms with Crippen LogP contribution in [0.15, 0.2) is 83.8 Å². The van der Waals surface area contributed by atoms with E-state index in [2.05, 4.69) is 10.0 Å². The highest BCUT2D eigenvalue weighted by atomic mass is 32.2. The maximum Gasteiger partial charge on any atom is 0.255 e. The Bertz CT molecular complexity index is 1060. The van der Waals surface area contributed by atoms with Crippen molar-refractivity contribution in [3.05, 3.63) is 95.6 Å². The molecule has 0 saturated heterocycles. The largest absolute Gasteiger partial charge is 0.322 e. The monoisotopic (exact) mass is 394 g/mol. The molecule has 0 fully saturated rings. The van der Waals surface area contributed by atoms with Crippen molar-refractivity contribution in [2.45, 2.75) is 24.8 Å². The lowest BCUT2D eigenvalue weighted by Crippen LogP contribution is -2.27. The number of nitrogens with one attached hydrogen (secondary N) is 2. The number of anilines is 1. The number of sulfonamides is 1. The van der Waals surface area contributed by atoms with Crippen molar-refractivity contribution in [3.63, 3.8) is 0 Å². The van der Waals surface area contributed by atoms with Crippen LogP contribution in [0.2, 0.25) is 0 Å². The zero-order chi connectivity index (χ0) is 20.1.